The Morgan fingerprint density at radius 3 is 2.25 bits per heavy atom. The van der Waals surface area contributed by atoms with Crippen LogP contribution in [0, 0.1) is 20.2 Å². The zero-order valence-electron chi connectivity index (χ0n) is 12.3. The van der Waals surface area contributed by atoms with Crippen molar-refractivity contribution in [2.24, 2.45) is 0 Å². The summed E-state index contributed by atoms with van der Waals surface area (Å²) in [5.74, 6) is 0. The molecule has 0 unspecified atom stereocenters. The summed E-state index contributed by atoms with van der Waals surface area (Å²) in [6.45, 7) is 0. The lowest BCUT2D eigenvalue weighted by atomic mass is 10.3. The van der Waals surface area contributed by atoms with Gasteiger partial charge in [0.05, 0.1) is 15.9 Å². The summed E-state index contributed by atoms with van der Waals surface area (Å²) in [4.78, 5) is 23.3. The molecule has 9 heteroatoms. The van der Waals surface area contributed by atoms with E-state index >= 15 is 0 Å². The first-order chi connectivity index (χ1) is 11.1. The SMILES string of the molecule is O=[N+]([O-])c1cccc(N/C=C/C=[NH+]c2cccc([N+](=O)[O-])c2)c1.[Cl-]. The molecule has 0 fully saturated rings. The Hall–Kier alpha value is -3.26. The number of halogens is 1. The zero-order chi connectivity index (χ0) is 16.7. The highest BCUT2D eigenvalue weighted by Crippen LogP contribution is 2.16. The second kappa shape index (κ2) is 9.01. The van der Waals surface area contributed by atoms with Crippen LogP contribution in [0.1, 0.15) is 0 Å². The van der Waals surface area contributed by atoms with Crippen LogP contribution < -0.4 is 22.7 Å². The van der Waals surface area contributed by atoms with Crippen molar-refractivity contribution in [3.05, 3.63) is 81.0 Å². The van der Waals surface area contributed by atoms with Crippen molar-refractivity contribution in [2.45, 2.75) is 0 Å². The van der Waals surface area contributed by atoms with Crippen LogP contribution in [0.3, 0.4) is 0 Å². The standard InChI is InChI=1S/C15H12N4O4.ClH/c20-18(21)14-6-1-4-12(10-14)16-8-3-9-17-13-5-2-7-15(11-13)19(22)23;/h1-11,16H;1H/b8-3+,17-9?;. The summed E-state index contributed by atoms with van der Waals surface area (Å²) in [7, 11) is 0. The minimum Gasteiger partial charge on any atom is -1.00 e. The highest BCUT2D eigenvalue weighted by molar-refractivity contribution is 5.67. The van der Waals surface area contributed by atoms with Crippen molar-refractivity contribution in [3.8, 4) is 0 Å². The highest BCUT2D eigenvalue weighted by Gasteiger charge is 2.07. The second-order valence-electron chi connectivity index (χ2n) is 4.43. The Kier molecular flexibility index (Phi) is 7.05. The van der Waals surface area contributed by atoms with E-state index in [-0.39, 0.29) is 23.8 Å². The van der Waals surface area contributed by atoms with Crippen LogP contribution in [-0.2, 0) is 0 Å². The normalized spacial score (nSPS) is 10.5. The minimum absolute atomic E-state index is 0. The van der Waals surface area contributed by atoms with Gasteiger partial charge in [-0.2, -0.15) is 0 Å². The first-order valence-corrected chi connectivity index (χ1v) is 6.56. The molecule has 0 aliphatic rings. The van der Waals surface area contributed by atoms with Crippen LogP contribution in [-0.4, -0.2) is 16.1 Å². The van der Waals surface area contributed by atoms with E-state index in [9.17, 15) is 20.2 Å². The number of non-ortho nitro benzene ring substituents is 2. The smallest absolute Gasteiger partial charge is 0.276 e. The summed E-state index contributed by atoms with van der Waals surface area (Å²) >= 11 is 0. The lowest BCUT2D eigenvalue weighted by molar-refractivity contribution is -0.387. The number of nitrogens with zero attached hydrogens (tertiary/aromatic N) is 2. The van der Waals surface area contributed by atoms with Crippen molar-refractivity contribution in [2.75, 3.05) is 5.32 Å². The summed E-state index contributed by atoms with van der Waals surface area (Å²) in [6.07, 6.45) is 4.81. The topological polar surface area (TPSA) is 112 Å². The molecule has 2 aromatic rings. The van der Waals surface area contributed by atoms with E-state index in [0.717, 1.165) is 0 Å². The van der Waals surface area contributed by atoms with Gasteiger partial charge in [0.2, 0.25) is 5.69 Å². The number of nitro benzene ring substituents is 2. The maximum Gasteiger partial charge on any atom is 0.276 e. The molecule has 0 aromatic heterocycles. The summed E-state index contributed by atoms with van der Waals surface area (Å²) < 4.78 is 0. The maximum atomic E-state index is 10.7. The van der Waals surface area contributed by atoms with Crippen LogP contribution >= 0.6 is 0 Å². The number of allylic oxidation sites excluding steroid dienone is 1. The van der Waals surface area contributed by atoms with Gasteiger partial charge >= 0.3 is 0 Å². The molecule has 8 nitrogen and oxygen atoms in total. The quantitative estimate of drug-likeness (QED) is 0.391. The van der Waals surface area contributed by atoms with Crippen LogP contribution in [0.2, 0.25) is 0 Å². The fourth-order valence-electron chi connectivity index (χ4n) is 1.76. The van der Waals surface area contributed by atoms with Crippen molar-refractivity contribution >= 4 is 29.0 Å². The molecule has 0 aliphatic heterocycles. The third-order valence-corrected chi connectivity index (χ3v) is 2.81. The van der Waals surface area contributed by atoms with Crippen molar-refractivity contribution in [3.63, 3.8) is 0 Å². The molecule has 0 saturated heterocycles. The molecule has 0 atom stereocenters. The zero-order valence-corrected chi connectivity index (χ0v) is 13.0. The number of benzene rings is 2. The Bertz CT molecular complexity index is 793. The van der Waals surface area contributed by atoms with Gasteiger partial charge in [0.1, 0.15) is 0 Å². The van der Waals surface area contributed by atoms with Gasteiger partial charge in [0.25, 0.3) is 11.4 Å². The predicted molar refractivity (Wildman–Crippen MR) is 85.6 cm³/mol. The fourth-order valence-corrected chi connectivity index (χ4v) is 1.76. The van der Waals surface area contributed by atoms with Crippen molar-refractivity contribution in [1.82, 2.24) is 0 Å². The lowest BCUT2D eigenvalue weighted by Gasteiger charge is -1.98. The summed E-state index contributed by atoms with van der Waals surface area (Å²) in [5, 5.41) is 24.2. The van der Waals surface area contributed by atoms with E-state index in [0.29, 0.717) is 11.4 Å². The summed E-state index contributed by atoms with van der Waals surface area (Å²) in [6, 6.07) is 12.2. The van der Waals surface area contributed by atoms with E-state index in [1.165, 1.54) is 24.3 Å². The van der Waals surface area contributed by atoms with E-state index in [1.54, 1.807) is 42.8 Å². The van der Waals surface area contributed by atoms with Gasteiger partial charge in [0.15, 0.2) is 6.21 Å². The Balaban J connectivity index is 0.00000288. The largest absolute Gasteiger partial charge is 1.00 e. The van der Waals surface area contributed by atoms with Gasteiger partial charge in [-0.3, -0.25) is 20.2 Å². The van der Waals surface area contributed by atoms with E-state index in [1.807, 2.05) is 0 Å². The average molecular weight is 349 g/mol. The van der Waals surface area contributed by atoms with Gasteiger partial charge in [-0.05, 0) is 12.1 Å². The fraction of sp³-hybridized carbons (Fsp3) is 0. The van der Waals surface area contributed by atoms with E-state index in [2.05, 4.69) is 10.3 Å². The molecule has 0 bridgehead atoms. The number of hydrogen-bond donors (Lipinski definition) is 2. The molecule has 0 saturated carbocycles. The maximum absolute atomic E-state index is 10.7. The van der Waals surface area contributed by atoms with E-state index in [4.69, 9.17) is 0 Å². The molecule has 0 aliphatic carbocycles. The monoisotopic (exact) mass is 348 g/mol. The molecule has 2 N–H and O–H groups in total. The van der Waals surface area contributed by atoms with Gasteiger partial charge < -0.3 is 17.7 Å². The average Bonchev–Trinajstić information content (AvgIpc) is 2.55. The molecular formula is C15H13ClN4O4. The Labute approximate surface area is 143 Å². The summed E-state index contributed by atoms with van der Waals surface area (Å²) in [5.41, 5.74) is 1.17. The molecule has 2 rings (SSSR count). The van der Waals surface area contributed by atoms with Gasteiger partial charge in [-0.15, -0.1) is 0 Å². The predicted octanol–water partition coefficient (Wildman–Crippen LogP) is -1.08. The van der Waals surface area contributed by atoms with Gasteiger partial charge in [-0.1, -0.05) is 6.07 Å². The van der Waals surface area contributed by atoms with Crippen molar-refractivity contribution < 1.29 is 27.2 Å². The number of nitro groups is 2. The minimum atomic E-state index is -0.467. The number of anilines is 1. The number of hydrogen-bond acceptors (Lipinski definition) is 5. The van der Waals surface area contributed by atoms with Crippen molar-refractivity contribution in [1.29, 1.82) is 0 Å². The third-order valence-electron chi connectivity index (χ3n) is 2.81. The molecule has 0 amide bonds. The molecule has 24 heavy (non-hydrogen) atoms. The molecule has 124 valence electrons. The number of nitrogens with one attached hydrogen (secondary N) is 2. The lowest BCUT2D eigenvalue weighted by Crippen LogP contribution is -3.00. The highest BCUT2D eigenvalue weighted by atomic mass is 35.5. The van der Waals surface area contributed by atoms with Crippen LogP contribution in [0.15, 0.2) is 60.8 Å². The molecule has 0 heterocycles. The first kappa shape index (κ1) is 18.8. The molecular weight excluding hydrogens is 336 g/mol. The van der Waals surface area contributed by atoms with E-state index < -0.39 is 9.85 Å². The molecule has 0 spiro atoms. The first-order valence-electron chi connectivity index (χ1n) is 6.56. The third kappa shape index (κ3) is 5.50. The Morgan fingerprint density at radius 1 is 0.958 bits per heavy atom. The number of rotatable bonds is 6. The Morgan fingerprint density at radius 2 is 1.58 bits per heavy atom. The van der Waals surface area contributed by atoms with Gasteiger partial charge in [-0.25, -0.2) is 4.99 Å². The molecule has 0 radical (unpaired) electrons. The van der Waals surface area contributed by atoms with Gasteiger partial charge in [0, 0.05) is 42.2 Å². The van der Waals surface area contributed by atoms with Crippen LogP contribution in [0.4, 0.5) is 22.7 Å². The van der Waals surface area contributed by atoms with Crippen LogP contribution in [0.5, 0.6) is 0 Å². The molecule has 2 aromatic carbocycles. The van der Waals surface area contributed by atoms with Crippen LogP contribution in [0.25, 0.3) is 0 Å². The second-order valence-corrected chi connectivity index (χ2v) is 4.43.